The zero-order valence-electron chi connectivity index (χ0n) is 14.8. The van der Waals surface area contributed by atoms with E-state index in [1.807, 2.05) is 0 Å². The summed E-state index contributed by atoms with van der Waals surface area (Å²) < 4.78 is 10.5. The smallest absolute Gasteiger partial charge is 0.250 e. The topological polar surface area (TPSA) is 90.6 Å². The van der Waals surface area contributed by atoms with Crippen LogP contribution in [0.4, 0.5) is 5.69 Å². The fourth-order valence-electron chi connectivity index (χ4n) is 2.44. The Morgan fingerprint density at radius 2 is 1.64 bits per heavy atom. The van der Waals surface area contributed by atoms with E-state index < -0.39 is 11.3 Å². The van der Waals surface area contributed by atoms with Gasteiger partial charge in [-0.1, -0.05) is 18.2 Å². The number of primary amides is 1. The van der Waals surface area contributed by atoms with Gasteiger partial charge in [0, 0.05) is 0 Å². The van der Waals surface area contributed by atoms with Crippen molar-refractivity contribution in [3.63, 3.8) is 0 Å². The number of carbonyl (C=O) groups is 2. The van der Waals surface area contributed by atoms with Crippen molar-refractivity contribution in [2.75, 3.05) is 19.5 Å². The minimum Gasteiger partial charge on any atom is -0.493 e. The lowest BCUT2D eigenvalue weighted by Gasteiger charge is -2.25. The summed E-state index contributed by atoms with van der Waals surface area (Å²) in [7, 11) is 3.09. The van der Waals surface area contributed by atoms with Gasteiger partial charge < -0.3 is 20.5 Å². The maximum atomic E-state index is 12.8. The molecule has 0 aromatic heterocycles. The van der Waals surface area contributed by atoms with Crippen LogP contribution in [0.2, 0.25) is 0 Å². The molecule has 6 nitrogen and oxygen atoms in total. The van der Waals surface area contributed by atoms with Crippen molar-refractivity contribution in [2.24, 2.45) is 5.73 Å². The van der Waals surface area contributed by atoms with Crippen LogP contribution in [0.15, 0.2) is 42.5 Å². The number of hydrogen-bond acceptors (Lipinski definition) is 4. The summed E-state index contributed by atoms with van der Waals surface area (Å²) in [4.78, 5) is 24.3. The van der Waals surface area contributed by atoms with Crippen LogP contribution in [0.1, 0.15) is 29.8 Å². The van der Waals surface area contributed by atoms with E-state index >= 15 is 0 Å². The highest BCUT2D eigenvalue weighted by Crippen LogP contribution is 2.34. The molecule has 0 radical (unpaired) electrons. The van der Waals surface area contributed by atoms with Crippen molar-refractivity contribution in [3.8, 4) is 11.5 Å². The SMILES string of the molecule is COc1ccc(C(C)(C)C(=O)Nc2ccccc2C(N)=O)cc1OC. The molecule has 0 saturated heterocycles. The van der Waals surface area contributed by atoms with Gasteiger partial charge in [0.15, 0.2) is 11.5 Å². The van der Waals surface area contributed by atoms with Crippen molar-refractivity contribution in [1.82, 2.24) is 0 Å². The normalized spacial score (nSPS) is 10.9. The van der Waals surface area contributed by atoms with Gasteiger partial charge in [0.05, 0.1) is 30.9 Å². The second kappa shape index (κ2) is 7.25. The standard InChI is InChI=1S/C19H22N2O4/c1-19(2,12-9-10-15(24-3)16(11-12)25-4)18(23)21-14-8-6-5-7-13(14)17(20)22/h5-11H,1-4H3,(H2,20,22)(H,21,23). The van der Waals surface area contributed by atoms with Gasteiger partial charge >= 0.3 is 0 Å². The molecule has 0 aliphatic heterocycles. The summed E-state index contributed by atoms with van der Waals surface area (Å²) in [6.07, 6.45) is 0. The number of methoxy groups -OCH3 is 2. The van der Waals surface area contributed by atoms with Gasteiger partial charge in [-0.3, -0.25) is 9.59 Å². The second-order valence-electron chi connectivity index (χ2n) is 6.06. The molecule has 0 atom stereocenters. The average molecular weight is 342 g/mol. The molecular weight excluding hydrogens is 320 g/mol. The fraction of sp³-hybridized carbons (Fsp3) is 0.263. The van der Waals surface area contributed by atoms with Crippen LogP contribution in [0.5, 0.6) is 11.5 Å². The predicted octanol–water partition coefficient (Wildman–Crippen LogP) is 2.72. The number of nitrogens with one attached hydrogen (secondary N) is 1. The molecular formula is C19H22N2O4. The molecule has 2 aromatic carbocycles. The number of anilines is 1. The number of amides is 2. The van der Waals surface area contributed by atoms with E-state index in [1.54, 1.807) is 63.4 Å². The Balaban J connectivity index is 2.34. The molecule has 0 aliphatic rings. The quantitative estimate of drug-likeness (QED) is 0.844. The lowest BCUT2D eigenvalue weighted by molar-refractivity contribution is -0.120. The minimum atomic E-state index is -0.871. The highest BCUT2D eigenvalue weighted by molar-refractivity contribution is 6.05. The number of para-hydroxylation sites is 1. The molecule has 0 aliphatic carbocycles. The zero-order valence-corrected chi connectivity index (χ0v) is 14.8. The number of benzene rings is 2. The number of carbonyl (C=O) groups excluding carboxylic acids is 2. The Morgan fingerprint density at radius 1 is 1.00 bits per heavy atom. The lowest BCUT2D eigenvalue weighted by Crippen LogP contribution is -2.35. The first-order valence-corrected chi connectivity index (χ1v) is 7.74. The van der Waals surface area contributed by atoms with E-state index in [9.17, 15) is 9.59 Å². The maximum Gasteiger partial charge on any atom is 0.250 e. The molecule has 0 saturated carbocycles. The first kappa shape index (κ1) is 18.3. The number of nitrogens with two attached hydrogens (primary N) is 1. The van der Waals surface area contributed by atoms with E-state index in [2.05, 4.69) is 5.32 Å². The number of rotatable bonds is 6. The van der Waals surface area contributed by atoms with Crippen LogP contribution in [0.3, 0.4) is 0 Å². The summed E-state index contributed by atoms with van der Waals surface area (Å²) in [5.41, 5.74) is 5.88. The minimum absolute atomic E-state index is 0.263. The van der Waals surface area contributed by atoms with Crippen molar-refractivity contribution in [2.45, 2.75) is 19.3 Å². The summed E-state index contributed by atoms with van der Waals surface area (Å²) in [6, 6.07) is 11.9. The molecule has 2 rings (SSSR count). The molecule has 25 heavy (non-hydrogen) atoms. The first-order chi connectivity index (χ1) is 11.8. The van der Waals surface area contributed by atoms with E-state index in [0.717, 1.165) is 5.56 Å². The Hall–Kier alpha value is -3.02. The molecule has 0 heterocycles. The van der Waals surface area contributed by atoms with Crippen LogP contribution < -0.4 is 20.5 Å². The molecule has 132 valence electrons. The van der Waals surface area contributed by atoms with Crippen LogP contribution in [-0.4, -0.2) is 26.0 Å². The summed E-state index contributed by atoms with van der Waals surface area (Å²) >= 11 is 0. The van der Waals surface area contributed by atoms with Crippen LogP contribution >= 0.6 is 0 Å². The third kappa shape index (κ3) is 3.74. The Morgan fingerprint density at radius 3 is 2.24 bits per heavy atom. The monoisotopic (exact) mass is 342 g/mol. The summed E-state index contributed by atoms with van der Waals surface area (Å²) in [5, 5.41) is 2.78. The third-order valence-electron chi connectivity index (χ3n) is 4.11. The van der Waals surface area contributed by atoms with Gasteiger partial charge in [-0.05, 0) is 43.7 Å². The Labute approximate surface area is 146 Å². The highest BCUT2D eigenvalue weighted by Gasteiger charge is 2.31. The van der Waals surface area contributed by atoms with E-state index in [1.165, 1.54) is 7.11 Å². The number of hydrogen-bond donors (Lipinski definition) is 2. The van der Waals surface area contributed by atoms with E-state index in [4.69, 9.17) is 15.2 Å². The summed E-state index contributed by atoms with van der Waals surface area (Å²) in [6.45, 7) is 3.58. The molecule has 6 heteroatoms. The van der Waals surface area contributed by atoms with Gasteiger partial charge in [-0.15, -0.1) is 0 Å². The Kier molecular flexibility index (Phi) is 5.32. The number of ether oxygens (including phenoxy) is 2. The van der Waals surface area contributed by atoms with Gasteiger partial charge in [0.2, 0.25) is 5.91 Å². The zero-order chi connectivity index (χ0) is 18.6. The van der Waals surface area contributed by atoms with Crippen molar-refractivity contribution >= 4 is 17.5 Å². The van der Waals surface area contributed by atoms with Crippen molar-refractivity contribution in [1.29, 1.82) is 0 Å². The van der Waals surface area contributed by atoms with E-state index in [-0.39, 0.29) is 11.5 Å². The largest absolute Gasteiger partial charge is 0.493 e. The van der Waals surface area contributed by atoms with Gasteiger partial charge in [-0.25, -0.2) is 0 Å². The average Bonchev–Trinajstić information content (AvgIpc) is 2.61. The predicted molar refractivity (Wildman–Crippen MR) is 96.2 cm³/mol. The fourth-order valence-corrected chi connectivity index (χ4v) is 2.44. The van der Waals surface area contributed by atoms with E-state index in [0.29, 0.717) is 17.2 Å². The maximum absolute atomic E-state index is 12.8. The van der Waals surface area contributed by atoms with Gasteiger partial charge in [0.25, 0.3) is 5.91 Å². The molecule has 0 unspecified atom stereocenters. The Bertz CT molecular complexity index is 800. The molecule has 0 bridgehead atoms. The van der Waals surface area contributed by atoms with Crippen molar-refractivity contribution in [3.05, 3.63) is 53.6 Å². The molecule has 2 aromatic rings. The van der Waals surface area contributed by atoms with Crippen LogP contribution in [-0.2, 0) is 10.2 Å². The van der Waals surface area contributed by atoms with Crippen LogP contribution in [0, 0.1) is 0 Å². The highest BCUT2D eigenvalue weighted by atomic mass is 16.5. The van der Waals surface area contributed by atoms with Gasteiger partial charge in [-0.2, -0.15) is 0 Å². The molecule has 0 fully saturated rings. The molecule has 3 N–H and O–H groups in total. The first-order valence-electron chi connectivity index (χ1n) is 7.74. The van der Waals surface area contributed by atoms with Crippen LogP contribution in [0.25, 0.3) is 0 Å². The molecule has 0 spiro atoms. The molecule has 2 amide bonds. The third-order valence-corrected chi connectivity index (χ3v) is 4.11. The second-order valence-corrected chi connectivity index (χ2v) is 6.06. The van der Waals surface area contributed by atoms with Gasteiger partial charge in [0.1, 0.15) is 0 Å². The lowest BCUT2D eigenvalue weighted by atomic mass is 9.83. The summed E-state index contributed by atoms with van der Waals surface area (Å²) in [5.74, 6) is 0.258. The van der Waals surface area contributed by atoms with Crippen molar-refractivity contribution < 1.29 is 19.1 Å².